The Bertz CT molecular complexity index is 434. The van der Waals surface area contributed by atoms with E-state index in [2.05, 4.69) is 0 Å². The van der Waals surface area contributed by atoms with Crippen LogP contribution >= 0.6 is 0 Å². The highest BCUT2D eigenvalue weighted by atomic mass is 16.4. The van der Waals surface area contributed by atoms with Crippen molar-refractivity contribution in [2.45, 2.75) is 18.2 Å². The fraction of sp³-hybridized carbons (Fsp3) is 0.273. The number of aliphatic hydroxyl groups is 2. The van der Waals surface area contributed by atoms with Gasteiger partial charge in [0, 0.05) is 6.42 Å². The Morgan fingerprint density at radius 1 is 1.22 bits per heavy atom. The molecule has 7 nitrogen and oxygen atoms in total. The van der Waals surface area contributed by atoms with Crippen LogP contribution in [0.1, 0.15) is 5.56 Å². The maximum absolute atomic E-state index is 10.7. The molecular formula is C11H13NO6. The van der Waals surface area contributed by atoms with Crippen molar-refractivity contribution in [1.29, 1.82) is 0 Å². The van der Waals surface area contributed by atoms with Crippen LogP contribution in [0.5, 0.6) is 0 Å². The molecule has 1 aromatic carbocycles. The lowest BCUT2D eigenvalue weighted by atomic mass is 9.97. The molecule has 7 heteroatoms. The number of aliphatic carboxylic acids is 1. The zero-order valence-electron chi connectivity index (χ0n) is 9.28. The first-order chi connectivity index (χ1) is 8.35. The number of carboxylic acids is 1. The largest absolute Gasteiger partial charge is 0.479 e. The molecule has 1 unspecified atom stereocenters. The molecule has 0 aromatic heterocycles. The van der Waals surface area contributed by atoms with E-state index in [4.69, 9.17) is 10.2 Å². The van der Waals surface area contributed by atoms with Gasteiger partial charge in [-0.1, -0.05) is 30.3 Å². The van der Waals surface area contributed by atoms with Crippen LogP contribution in [0.25, 0.3) is 0 Å². The molecule has 0 saturated heterocycles. The van der Waals surface area contributed by atoms with E-state index in [0.29, 0.717) is 5.56 Å². The van der Waals surface area contributed by atoms with Crippen molar-refractivity contribution in [3.8, 4) is 0 Å². The van der Waals surface area contributed by atoms with Gasteiger partial charge in [0.2, 0.25) is 0 Å². The second-order valence-electron chi connectivity index (χ2n) is 3.76. The molecular weight excluding hydrogens is 242 g/mol. The summed E-state index contributed by atoms with van der Waals surface area (Å²) >= 11 is 0. The van der Waals surface area contributed by atoms with E-state index in [1.165, 1.54) is 0 Å². The predicted molar refractivity (Wildman–Crippen MR) is 59.9 cm³/mol. The second-order valence-corrected chi connectivity index (χ2v) is 3.76. The van der Waals surface area contributed by atoms with Gasteiger partial charge in [0.05, 0.1) is 0 Å². The van der Waals surface area contributed by atoms with Gasteiger partial charge in [-0.05, 0) is 5.56 Å². The molecule has 0 aliphatic carbocycles. The lowest BCUT2D eigenvalue weighted by Crippen LogP contribution is -2.60. The van der Waals surface area contributed by atoms with Crippen LogP contribution in [0.3, 0.4) is 0 Å². The Kier molecular flexibility index (Phi) is 4.24. The van der Waals surface area contributed by atoms with Crippen LogP contribution in [0.15, 0.2) is 30.3 Å². The zero-order valence-corrected chi connectivity index (χ0v) is 9.28. The number of carboxylic acid groups (broad SMARTS) is 2. The Labute approximate surface area is 102 Å². The van der Waals surface area contributed by atoms with Gasteiger partial charge >= 0.3 is 12.1 Å². The number of benzene rings is 1. The molecule has 0 spiro atoms. The lowest BCUT2D eigenvalue weighted by Gasteiger charge is -2.30. The number of nitrogens with one attached hydrogen (secondary N) is 1. The maximum atomic E-state index is 10.7. The number of hydrogen-bond donors (Lipinski definition) is 5. The lowest BCUT2D eigenvalue weighted by molar-refractivity contribution is -0.166. The molecule has 0 aliphatic heterocycles. The van der Waals surface area contributed by atoms with Gasteiger partial charge in [0.25, 0.3) is 0 Å². The second kappa shape index (κ2) is 5.48. The van der Waals surface area contributed by atoms with Gasteiger partial charge in [-0.2, -0.15) is 0 Å². The predicted octanol–water partition coefficient (Wildman–Crippen LogP) is -0.369. The molecule has 1 aromatic rings. The van der Waals surface area contributed by atoms with Crippen molar-refractivity contribution in [2.75, 3.05) is 0 Å². The van der Waals surface area contributed by atoms with Crippen LogP contribution in [0.4, 0.5) is 4.79 Å². The minimum atomic E-state index is -2.49. The summed E-state index contributed by atoms with van der Waals surface area (Å²) in [5, 5.41) is 38.2. The average Bonchev–Trinajstić information content (AvgIpc) is 2.28. The SMILES string of the molecule is O=C(O)N[C@](O)(Cc1ccccc1)C(O)C(=O)O. The Hall–Kier alpha value is -2.12. The maximum Gasteiger partial charge on any atom is 0.407 e. The summed E-state index contributed by atoms with van der Waals surface area (Å²) in [5.41, 5.74) is -2.01. The third kappa shape index (κ3) is 3.44. The summed E-state index contributed by atoms with van der Waals surface area (Å²) in [6.07, 6.45) is -4.27. The summed E-state index contributed by atoms with van der Waals surface area (Å²) in [4.78, 5) is 21.2. The average molecular weight is 255 g/mol. The first kappa shape index (κ1) is 13.9. The molecule has 1 amide bonds. The van der Waals surface area contributed by atoms with Crippen molar-refractivity contribution in [3.63, 3.8) is 0 Å². The highest BCUT2D eigenvalue weighted by Gasteiger charge is 2.42. The molecule has 0 saturated carbocycles. The van der Waals surface area contributed by atoms with E-state index in [-0.39, 0.29) is 6.42 Å². The third-order valence-electron chi connectivity index (χ3n) is 2.33. The molecule has 0 aliphatic rings. The van der Waals surface area contributed by atoms with E-state index >= 15 is 0 Å². The molecule has 0 bridgehead atoms. The van der Waals surface area contributed by atoms with Gasteiger partial charge < -0.3 is 20.4 Å². The van der Waals surface area contributed by atoms with Gasteiger partial charge in [-0.25, -0.2) is 9.59 Å². The summed E-state index contributed by atoms with van der Waals surface area (Å²) in [5.74, 6) is -1.72. The number of aliphatic hydroxyl groups excluding tert-OH is 1. The Balaban J connectivity index is 2.97. The first-order valence-corrected chi connectivity index (χ1v) is 5.03. The van der Waals surface area contributed by atoms with Crippen molar-refractivity contribution in [2.24, 2.45) is 0 Å². The molecule has 2 atom stereocenters. The monoisotopic (exact) mass is 255 g/mol. The number of rotatable bonds is 5. The topological polar surface area (TPSA) is 127 Å². The first-order valence-electron chi connectivity index (χ1n) is 5.03. The van der Waals surface area contributed by atoms with Crippen LogP contribution in [-0.2, 0) is 11.2 Å². The highest BCUT2D eigenvalue weighted by molar-refractivity contribution is 5.75. The summed E-state index contributed by atoms with van der Waals surface area (Å²) in [6, 6.07) is 8.14. The Morgan fingerprint density at radius 2 is 1.78 bits per heavy atom. The highest BCUT2D eigenvalue weighted by Crippen LogP contribution is 2.15. The third-order valence-corrected chi connectivity index (χ3v) is 2.33. The summed E-state index contributed by atoms with van der Waals surface area (Å²) < 4.78 is 0. The molecule has 5 N–H and O–H groups in total. The number of amides is 1. The van der Waals surface area contributed by atoms with E-state index < -0.39 is 23.9 Å². The smallest absolute Gasteiger partial charge is 0.407 e. The summed E-state index contributed by atoms with van der Waals surface area (Å²) in [6.45, 7) is 0. The van der Waals surface area contributed by atoms with Crippen molar-refractivity contribution >= 4 is 12.1 Å². The van der Waals surface area contributed by atoms with Gasteiger partial charge in [0.1, 0.15) is 0 Å². The van der Waals surface area contributed by atoms with Crippen molar-refractivity contribution < 1.29 is 30.0 Å². The van der Waals surface area contributed by atoms with Crippen LogP contribution in [0.2, 0.25) is 0 Å². The molecule has 18 heavy (non-hydrogen) atoms. The fourth-order valence-corrected chi connectivity index (χ4v) is 1.51. The van der Waals surface area contributed by atoms with Crippen LogP contribution in [-0.4, -0.2) is 44.3 Å². The van der Waals surface area contributed by atoms with E-state index in [9.17, 15) is 19.8 Å². The van der Waals surface area contributed by atoms with Crippen molar-refractivity contribution in [1.82, 2.24) is 5.32 Å². The van der Waals surface area contributed by atoms with E-state index in [1.807, 2.05) is 0 Å². The summed E-state index contributed by atoms with van der Waals surface area (Å²) in [7, 11) is 0. The van der Waals surface area contributed by atoms with Gasteiger partial charge in [-0.15, -0.1) is 0 Å². The minimum absolute atomic E-state index is 0.367. The fourth-order valence-electron chi connectivity index (χ4n) is 1.51. The van der Waals surface area contributed by atoms with Gasteiger partial charge in [0.15, 0.2) is 11.8 Å². The van der Waals surface area contributed by atoms with E-state index in [0.717, 1.165) is 0 Å². The Morgan fingerprint density at radius 3 is 2.22 bits per heavy atom. The molecule has 0 fully saturated rings. The molecule has 1 rings (SSSR count). The zero-order chi connectivity index (χ0) is 13.8. The normalized spacial score (nSPS) is 15.4. The van der Waals surface area contributed by atoms with Crippen molar-refractivity contribution in [3.05, 3.63) is 35.9 Å². The molecule has 98 valence electrons. The molecule has 0 radical (unpaired) electrons. The molecule has 0 heterocycles. The van der Waals surface area contributed by atoms with E-state index in [1.54, 1.807) is 35.6 Å². The number of carbonyl (C=O) groups is 2. The number of hydrogen-bond acceptors (Lipinski definition) is 4. The minimum Gasteiger partial charge on any atom is -0.479 e. The van der Waals surface area contributed by atoms with Gasteiger partial charge in [-0.3, -0.25) is 5.32 Å². The van der Waals surface area contributed by atoms with Crippen LogP contribution < -0.4 is 5.32 Å². The standard InChI is InChI=1S/C11H13NO6/c13-8(9(14)15)11(18,12-10(16)17)6-7-4-2-1-3-5-7/h1-5,8,12-13,18H,6H2,(H,14,15)(H,16,17)/t8?,11-/m0/s1. The quantitative estimate of drug-likeness (QED) is 0.457. The van der Waals surface area contributed by atoms with Crippen LogP contribution in [0, 0.1) is 0 Å².